The predicted octanol–water partition coefficient (Wildman–Crippen LogP) is 2.56. The van der Waals surface area contributed by atoms with Crippen LogP contribution in [0.5, 0.6) is 0 Å². The molecule has 3 aromatic rings. The second-order valence-electron chi connectivity index (χ2n) is 5.07. The molecule has 0 bridgehead atoms. The Morgan fingerprint density at radius 1 is 1.12 bits per heavy atom. The van der Waals surface area contributed by atoms with Crippen molar-refractivity contribution in [1.82, 2.24) is 4.73 Å². The summed E-state index contributed by atoms with van der Waals surface area (Å²) in [4.78, 5) is 29.8. The van der Waals surface area contributed by atoms with Crippen molar-refractivity contribution in [2.45, 2.75) is 6.61 Å². The van der Waals surface area contributed by atoms with E-state index < -0.39 is 17.2 Å². The van der Waals surface area contributed by atoms with Crippen molar-refractivity contribution in [1.29, 1.82) is 0 Å². The van der Waals surface area contributed by atoms with Crippen molar-refractivity contribution < 1.29 is 18.8 Å². The minimum atomic E-state index is -0.787. The van der Waals surface area contributed by atoms with Gasteiger partial charge in [-0.25, -0.2) is 9.18 Å². The first-order valence-corrected chi connectivity index (χ1v) is 7.21. The lowest BCUT2D eigenvalue weighted by Crippen LogP contribution is -2.25. The number of halogens is 1. The molecule has 0 radical (unpaired) electrons. The Labute approximate surface area is 136 Å². The number of pyridine rings is 1. The summed E-state index contributed by atoms with van der Waals surface area (Å²) in [6.07, 6.45) is 0. The van der Waals surface area contributed by atoms with E-state index in [2.05, 4.69) is 4.74 Å². The van der Waals surface area contributed by atoms with E-state index in [0.717, 1.165) is 16.4 Å². The molecule has 122 valence electrons. The first-order valence-electron chi connectivity index (χ1n) is 7.21. The van der Waals surface area contributed by atoms with Crippen molar-refractivity contribution in [2.75, 3.05) is 7.11 Å². The number of carbonyl (C=O) groups excluding carboxylic acids is 1. The maximum atomic E-state index is 14.3. The average Bonchev–Trinajstić information content (AvgIpc) is 2.61. The molecule has 0 spiro atoms. The van der Waals surface area contributed by atoms with Gasteiger partial charge in [0.1, 0.15) is 12.1 Å². The minimum Gasteiger partial charge on any atom is -0.464 e. The van der Waals surface area contributed by atoms with E-state index >= 15 is 0 Å². The highest BCUT2D eigenvalue weighted by Crippen LogP contribution is 2.17. The van der Waals surface area contributed by atoms with Gasteiger partial charge < -0.3 is 9.57 Å². The molecular formula is C18H14FNO4. The van der Waals surface area contributed by atoms with Crippen LogP contribution in [0.2, 0.25) is 0 Å². The number of hydrogen-bond donors (Lipinski definition) is 0. The van der Waals surface area contributed by atoms with Gasteiger partial charge >= 0.3 is 5.97 Å². The summed E-state index contributed by atoms with van der Waals surface area (Å²) in [7, 11) is 1.18. The van der Waals surface area contributed by atoms with Crippen LogP contribution in [0.25, 0.3) is 10.9 Å². The molecule has 0 fully saturated rings. The lowest BCUT2D eigenvalue weighted by molar-refractivity contribution is 0.0496. The van der Waals surface area contributed by atoms with Crippen LogP contribution in [-0.4, -0.2) is 17.8 Å². The molecule has 0 amide bonds. The second kappa shape index (κ2) is 6.54. The highest BCUT2D eigenvalue weighted by molar-refractivity contribution is 5.91. The van der Waals surface area contributed by atoms with E-state index in [1.807, 2.05) is 30.3 Å². The maximum Gasteiger partial charge on any atom is 0.358 e. The van der Waals surface area contributed by atoms with Gasteiger partial charge in [-0.05, 0) is 17.7 Å². The Morgan fingerprint density at radius 3 is 2.58 bits per heavy atom. The largest absolute Gasteiger partial charge is 0.464 e. The normalized spacial score (nSPS) is 10.6. The van der Waals surface area contributed by atoms with Crippen LogP contribution >= 0.6 is 0 Å². The molecule has 1 heterocycles. The predicted molar refractivity (Wildman–Crippen MR) is 86.2 cm³/mol. The van der Waals surface area contributed by atoms with Gasteiger partial charge in [0.15, 0.2) is 16.9 Å². The van der Waals surface area contributed by atoms with E-state index in [9.17, 15) is 14.0 Å². The third kappa shape index (κ3) is 2.86. The molecule has 0 saturated carbocycles. The Bertz CT molecular complexity index is 950. The number of para-hydroxylation sites is 1. The van der Waals surface area contributed by atoms with Gasteiger partial charge in [-0.2, -0.15) is 4.73 Å². The summed E-state index contributed by atoms with van der Waals surface area (Å²) in [6, 6.07) is 14.4. The number of nitrogens with zero attached hydrogens (tertiary/aromatic N) is 1. The molecule has 2 aromatic carbocycles. The molecule has 3 rings (SSSR count). The van der Waals surface area contributed by atoms with E-state index in [0.29, 0.717) is 0 Å². The Morgan fingerprint density at radius 2 is 1.88 bits per heavy atom. The monoisotopic (exact) mass is 327 g/mol. The lowest BCUT2D eigenvalue weighted by atomic mass is 10.2. The Hall–Kier alpha value is -3.15. The van der Waals surface area contributed by atoms with Crippen molar-refractivity contribution in [3.05, 3.63) is 81.9 Å². The molecule has 0 aliphatic heterocycles. The van der Waals surface area contributed by atoms with Crippen molar-refractivity contribution in [2.24, 2.45) is 0 Å². The second-order valence-corrected chi connectivity index (χ2v) is 5.07. The van der Waals surface area contributed by atoms with Crippen molar-refractivity contribution in [3.63, 3.8) is 0 Å². The highest BCUT2D eigenvalue weighted by atomic mass is 19.1. The van der Waals surface area contributed by atoms with Gasteiger partial charge in [0.25, 0.3) is 0 Å². The van der Waals surface area contributed by atoms with Crippen LogP contribution in [0.3, 0.4) is 0 Å². The van der Waals surface area contributed by atoms with Crippen LogP contribution in [-0.2, 0) is 11.3 Å². The number of esters is 1. The van der Waals surface area contributed by atoms with Gasteiger partial charge in [-0.15, -0.1) is 0 Å². The molecule has 0 saturated heterocycles. The zero-order valence-corrected chi connectivity index (χ0v) is 12.9. The molecule has 0 aliphatic carbocycles. The van der Waals surface area contributed by atoms with Gasteiger partial charge in [0.05, 0.1) is 12.5 Å². The van der Waals surface area contributed by atoms with E-state index in [1.54, 1.807) is 0 Å². The number of hydrogen-bond acceptors (Lipinski definition) is 4. The fourth-order valence-corrected chi connectivity index (χ4v) is 2.40. The fourth-order valence-electron chi connectivity index (χ4n) is 2.40. The third-order valence-corrected chi connectivity index (χ3v) is 3.54. The summed E-state index contributed by atoms with van der Waals surface area (Å²) < 4.78 is 20.0. The smallest absolute Gasteiger partial charge is 0.358 e. The molecular weight excluding hydrogens is 313 g/mol. The Kier molecular flexibility index (Phi) is 4.29. The number of ether oxygens (including phenoxy) is 1. The molecule has 0 aliphatic rings. The molecule has 0 unspecified atom stereocenters. The molecule has 0 atom stereocenters. The van der Waals surface area contributed by atoms with Crippen LogP contribution in [0.15, 0.2) is 59.4 Å². The lowest BCUT2D eigenvalue weighted by Gasteiger charge is -2.16. The summed E-state index contributed by atoms with van der Waals surface area (Å²) >= 11 is 0. The summed E-state index contributed by atoms with van der Waals surface area (Å²) in [5.41, 5.74) is 0.0818. The number of benzene rings is 2. The number of aromatic nitrogens is 1. The number of fused-ring (bicyclic) bond motifs is 1. The highest BCUT2D eigenvalue weighted by Gasteiger charge is 2.19. The van der Waals surface area contributed by atoms with E-state index in [-0.39, 0.29) is 23.2 Å². The van der Waals surface area contributed by atoms with Crippen LogP contribution < -0.4 is 10.3 Å². The summed E-state index contributed by atoms with van der Waals surface area (Å²) in [5, 5.41) is 0.121. The summed E-state index contributed by atoms with van der Waals surface area (Å²) in [6.45, 7) is 0.0944. The molecule has 5 nitrogen and oxygen atoms in total. The third-order valence-electron chi connectivity index (χ3n) is 3.54. The first kappa shape index (κ1) is 15.7. The van der Waals surface area contributed by atoms with Crippen molar-refractivity contribution in [3.8, 4) is 0 Å². The molecule has 6 heteroatoms. The average molecular weight is 327 g/mol. The number of methoxy groups -OCH3 is 1. The topological polar surface area (TPSA) is 57.5 Å². The number of carbonyl (C=O) groups is 1. The van der Waals surface area contributed by atoms with Crippen molar-refractivity contribution >= 4 is 16.9 Å². The molecule has 0 N–H and O–H groups in total. The van der Waals surface area contributed by atoms with Gasteiger partial charge in [-0.1, -0.05) is 36.4 Å². The Balaban J connectivity index is 2.17. The minimum absolute atomic E-state index is 0.0944. The fraction of sp³-hybridized carbons (Fsp3) is 0.111. The maximum absolute atomic E-state index is 14.3. The quantitative estimate of drug-likeness (QED) is 0.691. The molecule has 24 heavy (non-hydrogen) atoms. The van der Waals surface area contributed by atoms with Gasteiger partial charge in [0, 0.05) is 6.07 Å². The zero-order chi connectivity index (χ0) is 17.1. The van der Waals surface area contributed by atoms with Crippen LogP contribution in [0.1, 0.15) is 16.1 Å². The van der Waals surface area contributed by atoms with Gasteiger partial charge in [-0.3, -0.25) is 4.79 Å². The summed E-state index contributed by atoms with van der Waals surface area (Å²) in [5.74, 6) is -1.45. The zero-order valence-electron chi connectivity index (χ0n) is 12.9. The standard InChI is InChI=1S/C18H14FNO4/c1-23-18(22)15-10-16(21)13-8-5-9-14(19)17(13)20(15)24-11-12-6-3-2-4-7-12/h2-10H,11H2,1H3. The molecule has 1 aromatic heterocycles. The van der Waals surface area contributed by atoms with E-state index in [4.69, 9.17) is 4.84 Å². The SMILES string of the molecule is COC(=O)c1cc(=O)c2cccc(F)c2n1OCc1ccccc1. The van der Waals surface area contributed by atoms with Crippen LogP contribution in [0, 0.1) is 5.82 Å². The number of rotatable bonds is 4. The van der Waals surface area contributed by atoms with Crippen LogP contribution in [0.4, 0.5) is 4.39 Å². The first-order chi connectivity index (χ1) is 11.6. The van der Waals surface area contributed by atoms with E-state index in [1.165, 1.54) is 25.3 Å². The van der Waals surface area contributed by atoms with Gasteiger partial charge in [0.2, 0.25) is 0 Å².